The smallest absolute Gasteiger partial charge is 0.236 e. The summed E-state index contributed by atoms with van der Waals surface area (Å²) in [7, 11) is 0. The highest BCUT2D eigenvalue weighted by atomic mass is 127. The molecule has 0 spiro atoms. The zero-order valence-electron chi connectivity index (χ0n) is 19.9. The summed E-state index contributed by atoms with van der Waals surface area (Å²) in [4.78, 5) is 26.5. The van der Waals surface area contributed by atoms with Crippen LogP contribution in [0.5, 0.6) is 0 Å². The Hall–Kier alpha value is -0.610. The number of hydrogen-bond acceptors (Lipinski definition) is 4. The van der Waals surface area contributed by atoms with Crippen molar-refractivity contribution in [2.24, 2.45) is 4.99 Å². The Bertz CT molecular complexity index is 506. The van der Waals surface area contributed by atoms with Crippen molar-refractivity contribution < 1.29 is 4.79 Å². The number of aliphatic imine (C=N–C) groups is 1. The predicted molar refractivity (Wildman–Crippen MR) is 137 cm³/mol. The number of likely N-dealkylation sites (tertiary alicyclic amines) is 1. The molecule has 0 aromatic rings. The van der Waals surface area contributed by atoms with Gasteiger partial charge in [-0.25, -0.2) is 0 Å². The minimum Gasteiger partial charge on any atom is -0.357 e. The number of halogens is 1. The number of piperazine rings is 1. The van der Waals surface area contributed by atoms with Crippen LogP contribution in [0.3, 0.4) is 0 Å². The average molecular weight is 537 g/mol. The number of nitrogens with one attached hydrogen (secondary N) is 1. The third-order valence-electron chi connectivity index (χ3n) is 5.99. The first-order valence-electron chi connectivity index (χ1n) is 11.7. The fraction of sp³-hybridized carbons (Fsp3) is 0.909. The van der Waals surface area contributed by atoms with E-state index < -0.39 is 0 Å². The van der Waals surface area contributed by atoms with Crippen LogP contribution in [0.25, 0.3) is 0 Å². The maximum absolute atomic E-state index is 12.4. The van der Waals surface area contributed by atoms with E-state index in [0.29, 0.717) is 24.5 Å². The number of carbonyl (C=O) groups excluding carboxylic acids is 1. The molecule has 0 aliphatic carbocycles. The third-order valence-corrected chi connectivity index (χ3v) is 5.99. The van der Waals surface area contributed by atoms with Gasteiger partial charge in [-0.3, -0.25) is 19.6 Å². The fourth-order valence-corrected chi connectivity index (χ4v) is 4.35. The highest BCUT2D eigenvalue weighted by Gasteiger charge is 2.24. The highest BCUT2D eigenvalue weighted by Crippen LogP contribution is 2.10. The molecule has 0 atom stereocenters. The lowest BCUT2D eigenvalue weighted by atomic mass is 10.2. The molecule has 1 amide bonds. The monoisotopic (exact) mass is 536 g/mol. The van der Waals surface area contributed by atoms with Crippen LogP contribution in [0.15, 0.2) is 4.99 Å². The molecule has 0 radical (unpaired) electrons. The predicted octanol–water partition coefficient (Wildman–Crippen LogP) is 2.32. The molecular formula is C22H45IN6O. The lowest BCUT2D eigenvalue weighted by Crippen LogP contribution is -2.54. The first kappa shape index (κ1) is 27.4. The molecule has 0 saturated carbocycles. The zero-order chi connectivity index (χ0) is 21.2. The van der Waals surface area contributed by atoms with Gasteiger partial charge in [0.25, 0.3) is 0 Å². The minimum atomic E-state index is 0. The van der Waals surface area contributed by atoms with Gasteiger partial charge in [-0.05, 0) is 53.9 Å². The van der Waals surface area contributed by atoms with E-state index in [9.17, 15) is 4.79 Å². The Morgan fingerprint density at radius 1 is 0.967 bits per heavy atom. The Labute approximate surface area is 201 Å². The van der Waals surface area contributed by atoms with Crippen molar-refractivity contribution >= 4 is 35.8 Å². The van der Waals surface area contributed by atoms with Crippen molar-refractivity contribution in [2.75, 3.05) is 65.4 Å². The number of amides is 1. The van der Waals surface area contributed by atoms with Crippen LogP contribution >= 0.6 is 24.0 Å². The van der Waals surface area contributed by atoms with Gasteiger partial charge in [0, 0.05) is 71.0 Å². The zero-order valence-corrected chi connectivity index (χ0v) is 22.2. The Morgan fingerprint density at radius 2 is 1.57 bits per heavy atom. The van der Waals surface area contributed by atoms with Crippen molar-refractivity contribution in [3.8, 4) is 0 Å². The molecule has 0 aromatic carbocycles. The SMILES string of the molecule is CCNC(=NCCCN(C(C)C)C(C)C)N1CCN(CC(=O)N2CCCC2)CC1.I. The Kier molecular flexibility index (Phi) is 13.2. The summed E-state index contributed by atoms with van der Waals surface area (Å²) < 4.78 is 0. The molecule has 0 bridgehead atoms. The van der Waals surface area contributed by atoms with Crippen LogP contribution in [0.2, 0.25) is 0 Å². The molecule has 0 unspecified atom stereocenters. The van der Waals surface area contributed by atoms with E-state index in [4.69, 9.17) is 4.99 Å². The summed E-state index contributed by atoms with van der Waals surface area (Å²) in [6, 6.07) is 1.15. The van der Waals surface area contributed by atoms with Crippen molar-refractivity contribution in [2.45, 2.75) is 66.0 Å². The van der Waals surface area contributed by atoms with Gasteiger partial charge in [0.05, 0.1) is 6.54 Å². The second kappa shape index (κ2) is 14.5. The minimum absolute atomic E-state index is 0. The van der Waals surface area contributed by atoms with Crippen LogP contribution in [0.4, 0.5) is 0 Å². The molecule has 2 aliphatic rings. The van der Waals surface area contributed by atoms with Crippen LogP contribution in [0.1, 0.15) is 53.9 Å². The van der Waals surface area contributed by atoms with Gasteiger partial charge in [0.1, 0.15) is 0 Å². The van der Waals surface area contributed by atoms with Crippen LogP contribution in [0, 0.1) is 0 Å². The van der Waals surface area contributed by atoms with Crippen molar-refractivity contribution in [1.29, 1.82) is 0 Å². The summed E-state index contributed by atoms with van der Waals surface area (Å²) in [5.41, 5.74) is 0. The van der Waals surface area contributed by atoms with E-state index in [-0.39, 0.29) is 24.0 Å². The molecule has 8 heteroatoms. The number of nitrogens with zero attached hydrogens (tertiary/aromatic N) is 5. The normalized spacial score (nSPS) is 18.5. The van der Waals surface area contributed by atoms with E-state index in [1.165, 1.54) is 0 Å². The standard InChI is InChI=1S/C22H44N6O.HI/c1-6-23-22(24-10-9-13-28(19(2)3)20(4)5)27-16-14-25(15-17-27)18-21(29)26-11-7-8-12-26;/h19-20H,6-18H2,1-5H3,(H,23,24);1H. The molecular weight excluding hydrogens is 491 g/mol. The van der Waals surface area contributed by atoms with E-state index in [2.05, 4.69) is 54.6 Å². The fourth-order valence-electron chi connectivity index (χ4n) is 4.35. The molecule has 2 rings (SSSR count). The summed E-state index contributed by atoms with van der Waals surface area (Å²) in [5, 5.41) is 3.45. The Balaban J connectivity index is 0.00000450. The summed E-state index contributed by atoms with van der Waals surface area (Å²) in [5.74, 6) is 1.33. The quantitative estimate of drug-likeness (QED) is 0.212. The summed E-state index contributed by atoms with van der Waals surface area (Å²) in [6.45, 7) is 20.2. The molecule has 176 valence electrons. The second-order valence-electron chi connectivity index (χ2n) is 8.87. The maximum atomic E-state index is 12.4. The number of guanidine groups is 1. The topological polar surface area (TPSA) is 54.4 Å². The molecule has 7 nitrogen and oxygen atoms in total. The van der Waals surface area contributed by atoms with E-state index in [1.807, 2.05) is 4.90 Å². The van der Waals surface area contributed by atoms with Crippen LogP contribution in [-0.2, 0) is 4.79 Å². The van der Waals surface area contributed by atoms with Crippen LogP contribution < -0.4 is 5.32 Å². The third kappa shape index (κ3) is 8.86. The number of hydrogen-bond donors (Lipinski definition) is 1. The van der Waals surface area contributed by atoms with Crippen molar-refractivity contribution in [3.63, 3.8) is 0 Å². The molecule has 2 saturated heterocycles. The average Bonchev–Trinajstić information content (AvgIpc) is 3.22. The maximum Gasteiger partial charge on any atom is 0.236 e. The summed E-state index contributed by atoms with van der Waals surface area (Å²) >= 11 is 0. The number of rotatable bonds is 9. The van der Waals surface area contributed by atoms with E-state index in [0.717, 1.165) is 84.1 Å². The largest absolute Gasteiger partial charge is 0.357 e. The van der Waals surface area contributed by atoms with Crippen LogP contribution in [-0.4, -0.2) is 109 Å². The van der Waals surface area contributed by atoms with Gasteiger partial charge in [0.2, 0.25) is 5.91 Å². The Morgan fingerprint density at radius 3 is 2.10 bits per heavy atom. The highest BCUT2D eigenvalue weighted by molar-refractivity contribution is 14.0. The van der Waals surface area contributed by atoms with Gasteiger partial charge in [-0.1, -0.05) is 0 Å². The first-order valence-corrected chi connectivity index (χ1v) is 11.7. The first-order chi connectivity index (χ1) is 13.9. The van der Waals surface area contributed by atoms with E-state index in [1.54, 1.807) is 0 Å². The molecule has 1 N–H and O–H groups in total. The summed E-state index contributed by atoms with van der Waals surface area (Å²) in [6.07, 6.45) is 3.40. The van der Waals surface area contributed by atoms with E-state index >= 15 is 0 Å². The van der Waals surface area contributed by atoms with Crippen molar-refractivity contribution in [3.05, 3.63) is 0 Å². The van der Waals surface area contributed by atoms with Gasteiger partial charge >= 0.3 is 0 Å². The van der Waals surface area contributed by atoms with Gasteiger partial charge < -0.3 is 15.1 Å². The van der Waals surface area contributed by atoms with Gasteiger partial charge in [0.15, 0.2) is 5.96 Å². The lowest BCUT2D eigenvalue weighted by Gasteiger charge is -2.36. The van der Waals surface area contributed by atoms with Crippen molar-refractivity contribution in [1.82, 2.24) is 24.9 Å². The molecule has 30 heavy (non-hydrogen) atoms. The van der Waals surface area contributed by atoms with Gasteiger partial charge in [-0.15, -0.1) is 24.0 Å². The number of carbonyl (C=O) groups is 1. The molecule has 2 heterocycles. The molecule has 2 fully saturated rings. The van der Waals surface area contributed by atoms with Gasteiger partial charge in [-0.2, -0.15) is 0 Å². The molecule has 0 aromatic heterocycles. The second-order valence-corrected chi connectivity index (χ2v) is 8.87. The molecule has 2 aliphatic heterocycles. The lowest BCUT2D eigenvalue weighted by molar-refractivity contribution is -0.131.